The maximum atomic E-state index is 11.3. The molecule has 0 radical (unpaired) electrons. The molecule has 0 aromatic carbocycles. The Morgan fingerprint density at radius 2 is 1.86 bits per heavy atom. The van der Waals surface area contributed by atoms with E-state index in [0.717, 1.165) is 12.0 Å². The quantitative estimate of drug-likeness (QED) is 0.463. The lowest BCUT2D eigenvalue weighted by Crippen LogP contribution is -2.46. The highest BCUT2D eigenvalue weighted by Crippen LogP contribution is 1.99. The average Bonchev–Trinajstić information content (AvgIpc) is 2.11. The van der Waals surface area contributed by atoms with Crippen LogP contribution in [0.1, 0.15) is 13.8 Å². The zero-order valence-electron chi connectivity index (χ0n) is 8.44. The Bertz CT molecular complexity index is 250. The first-order chi connectivity index (χ1) is 6.40. The van der Waals surface area contributed by atoms with Crippen LogP contribution < -0.4 is 5.73 Å². The number of hydrogen-bond donors (Lipinski definition) is 1. The van der Waals surface area contributed by atoms with Gasteiger partial charge in [-0.1, -0.05) is 0 Å². The van der Waals surface area contributed by atoms with Crippen LogP contribution in [-0.4, -0.2) is 42.4 Å². The highest BCUT2D eigenvalue weighted by molar-refractivity contribution is 6.32. The van der Waals surface area contributed by atoms with Crippen LogP contribution >= 0.6 is 0 Å². The fraction of sp³-hybridized carbons (Fsp3) is 0.625. The molecule has 0 aliphatic heterocycles. The molecule has 0 aliphatic carbocycles. The summed E-state index contributed by atoms with van der Waals surface area (Å²) < 4.78 is 4.24. The molecule has 0 rings (SSSR count). The Morgan fingerprint density at radius 3 is 2.14 bits per heavy atom. The van der Waals surface area contributed by atoms with Gasteiger partial charge in [0.25, 0.3) is 0 Å². The van der Waals surface area contributed by atoms with Gasteiger partial charge in [0.1, 0.15) is 6.54 Å². The molecule has 0 bridgehead atoms. The highest BCUT2D eigenvalue weighted by Gasteiger charge is 2.25. The van der Waals surface area contributed by atoms with Crippen LogP contribution in [0.5, 0.6) is 0 Å². The molecule has 0 heterocycles. The molecular formula is C8H14N2O4. The third-order valence-electron chi connectivity index (χ3n) is 1.57. The van der Waals surface area contributed by atoms with E-state index in [1.165, 1.54) is 0 Å². The number of rotatable bonds is 3. The fourth-order valence-corrected chi connectivity index (χ4v) is 0.861. The number of carbonyl (C=O) groups excluding carboxylic acids is 3. The molecule has 80 valence electrons. The lowest BCUT2D eigenvalue weighted by molar-refractivity contribution is -0.159. The molecule has 6 nitrogen and oxygen atoms in total. The van der Waals surface area contributed by atoms with Gasteiger partial charge in [-0.05, 0) is 13.8 Å². The zero-order valence-corrected chi connectivity index (χ0v) is 8.44. The van der Waals surface area contributed by atoms with Crippen LogP contribution in [0.2, 0.25) is 0 Å². The molecule has 0 saturated heterocycles. The summed E-state index contributed by atoms with van der Waals surface area (Å²) in [4.78, 5) is 33.8. The SMILES string of the molecule is COC(=O)C(=O)N(CC(N)=O)C(C)C. The minimum absolute atomic E-state index is 0.283. The minimum atomic E-state index is -1.00. The number of hydrogen-bond acceptors (Lipinski definition) is 4. The monoisotopic (exact) mass is 202 g/mol. The van der Waals surface area contributed by atoms with E-state index in [1.807, 2.05) is 0 Å². The summed E-state index contributed by atoms with van der Waals surface area (Å²) in [5, 5.41) is 0. The topological polar surface area (TPSA) is 89.7 Å². The lowest BCUT2D eigenvalue weighted by Gasteiger charge is -2.23. The van der Waals surface area contributed by atoms with Crippen molar-refractivity contribution < 1.29 is 19.1 Å². The van der Waals surface area contributed by atoms with Crippen molar-refractivity contribution in [1.29, 1.82) is 0 Å². The van der Waals surface area contributed by atoms with Crippen molar-refractivity contribution in [2.24, 2.45) is 5.73 Å². The fourth-order valence-electron chi connectivity index (χ4n) is 0.861. The molecule has 0 aromatic rings. The first-order valence-corrected chi connectivity index (χ1v) is 4.07. The zero-order chi connectivity index (χ0) is 11.3. The van der Waals surface area contributed by atoms with Gasteiger partial charge in [-0.15, -0.1) is 0 Å². The second-order valence-electron chi connectivity index (χ2n) is 2.98. The van der Waals surface area contributed by atoms with Crippen molar-refractivity contribution in [2.45, 2.75) is 19.9 Å². The maximum absolute atomic E-state index is 11.3. The summed E-state index contributed by atoms with van der Waals surface area (Å²) in [5.41, 5.74) is 4.93. The van der Waals surface area contributed by atoms with Crippen LogP contribution in [-0.2, 0) is 19.1 Å². The van der Waals surface area contributed by atoms with Crippen LogP contribution in [0.15, 0.2) is 0 Å². The van der Waals surface area contributed by atoms with Crippen molar-refractivity contribution in [3.8, 4) is 0 Å². The Balaban J connectivity index is 4.57. The van der Waals surface area contributed by atoms with Gasteiger partial charge in [-0.2, -0.15) is 0 Å². The normalized spacial score (nSPS) is 9.71. The minimum Gasteiger partial charge on any atom is -0.462 e. The summed E-state index contributed by atoms with van der Waals surface area (Å²) in [6.07, 6.45) is 0. The van der Waals surface area contributed by atoms with Crippen molar-refractivity contribution in [1.82, 2.24) is 4.90 Å². The Labute approximate surface area is 82.0 Å². The van der Waals surface area contributed by atoms with Crippen LogP contribution in [0.4, 0.5) is 0 Å². The van der Waals surface area contributed by atoms with Gasteiger partial charge in [0.2, 0.25) is 5.91 Å². The highest BCUT2D eigenvalue weighted by atomic mass is 16.5. The van der Waals surface area contributed by atoms with Gasteiger partial charge in [-0.25, -0.2) is 4.79 Å². The summed E-state index contributed by atoms with van der Waals surface area (Å²) >= 11 is 0. The van der Waals surface area contributed by atoms with Gasteiger partial charge >= 0.3 is 11.9 Å². The Hall–Kier alpha value is -1.59. The number of carbonyl (C=O) groups is 3. The number of primary amides is 1. The van der Waals surface area contributed by atoms with Crippen molar-refractivity contribution >= 4 is 17.8 Å². The first kappa shape index (κ1) is 12.4. The number of nitrogens with zero attached hydrogens (tertiary/aromatic N) is 1. The Kier molecular flexibility index (Phi) is 4.62. The van der Waals surface area contributed by atoms with E-state index in [9.17, 15) is 14.4 Å². The molecule has 0 aliphatic rings. The van der Waals surface area contributed by atoms with E-state index in [4.69, 9.17) is 5.73 Å². The van der Waals surface area contributed by atoms with E-state index in [0.29, 0.717) is 0 Å². The predicted octanol–water partition coefficient (Wildman–Crippen LogP) is -1.12. The first-order valence-electron chi connectivity index (χ1n) is 4.07. The summed E-state index contributed by atoms with van der Waals surface area (Å²) in [6, 6.07) is -0.283. The number of esters is 1. The summed E-state index contributed by atoms with van der Waals surface area (Å²) in [7, 11) is 1.10. The van der Waals surface area contributed by atoms with E-state index in [2.05, 4.69) is 4.74 Å². The second-order valence-corrected chi connectivity index (χ2v) is 2.98. The van der Waals surface area contributed by atoms with Gasteiger partial charge in [0, 0.05) is 6.04 Å². The van der Waals surface area contributed by atoms with Crippen LogP contribution in [0.25, 0.3) is 0 Å². The number of amides is 2. The molecule has 0 aromatic heterocycles. The number of nitrogens with two attached hydrogens (primary N) is 1. The average molecular weight is 202 g/mol. The van der Waals surface area contributed by atoms with Crippen molar-refractivity contribution in [3.05, 3.63) is 0 Å². The predicted molar refractivity (Wildman–Crippen MR) is 48.1 cm³/mol. The molecule has 0 saturated carbocycles. The summed E-state index contributed by atoms with van der Waals surface area (Å²) in [6.45, 7) is 3.05. The molecule has 2 N–H and O–H groups in total. The molecule has 0 fully saturated rings. The number of ether oxygens (including phenoxy) is 1. The molecule has 6 heteroatoms. The van der Waals surface area contributed by atoms with Gasteiger partial charge in [0.15, 0.2) is 0 Å². The van der Waals surface area contributed by atoms with Gasteiger partial charge in [-0.3, -0.25) is 9.59 Å². The van der Waals surface area contributed by atoms with Crippen LogP contribution in [0, 0.1) is 0 Å². The molecule has 0 spiro atoms. The van der Waals surface area contributed by atoms with Gasteiger partial charge < -0.3 is 15.4 Å². The van der Waals surface area contributed by atoms with Crippen molar-refractivity contribution in [2.75, 3.05) is 13.7 Å². The van der Waals surface area contributed by atoms with E-state index < -0.39 is 17.8 Å². The summed E-state index contributed by atoms with van der Waals surface area (Å²) in [5.74, 6) is -2.53. The maximum Gasteiger partial charge on any atom is 0.396 e. The molecule has 0 unspecified atom stereocenters. The second kappa shape index (κ2) is 5.21. The van der Waals surface area contributed by atoms with E-state index in [1.54, 1.807) is 13.8 Å². The van der Waals surface area contributed by atoms with Crippen molar-refractivity contribution in [3.63, 3.8) is 0 Å². The third kappa shape index (κ3) is 3.42. The van der Waals surface area contributed by atoms with E-state index >= 15 is 0 Å². The molecule has 2 amide bonds. The standard InChI is InChI=1S/C8H14N2O4/c1-5(2)10(4-6(9)11)7(12)8(13)14-3/h5H,4H2,1-3H3,(H2,9,11). The molecular weight excluding hydrogens is 188 g/mol. The van der Waals surface area contributed by atoms with E-state index in [-0.39, 0.29) is 12.6 Å². The largest absolute Gasteiger partial charge is 0.462 e. The van der Waals surface area contributed by atoms with Gasteiger partial charge in [0.05, 0.1) is 7.11 Å². The lowest BCUT2D eigenvalue weighted by atomic mass is 10.3. The molecule has 14 heavy (non-hydrogen) atoms. The Morgan fingerprint density at radius 1 is 1.36 bits per heavy atom. The number of methoxy groups -OCH3 is 1. The third-order valence-corrected chi connectivity index (χ3v) is 1.57. The van der Waals surface area contributed by atoms with Crippen LogP contribution in [0.3, 0.4) is 0 Å². The smallest absolute Gasteiger partial charge is 0.396 e. The molecule has 0 atom stereocenters.